The molecule has 1 atom stereocenters. The van der Waals surface area contributed by atoms with Crippen molar-refractivity contribution in [2.45, 2.75) is 32.4 Å². The number of anilines is 2. The number of hydrogen-bond acceptors (Lipinski definition) is 3. The van der Waals surface area contributed by atoms with Crippen LogP contribution >= 0.6 is 0 Å². The van der Waals surface area contributed by atoms with Gasteiger partial charge in [-0.1, -0.05) is 36.4 Å². The minimum absolute atomic E-state index is 0.181. The van der Waals surface area contributed by atoms with Crippen LogP contribution < -0.4 is 20.4 Å². The fourth-order valence-corrected chi connectivity index (χ4v) is 4.19. The zero-order valence-corrected chi connectivity index (χ0v) is 18.1. The number of nitrogens with one attached hydrogen (secondary N) is 2. The lowest BCUT2D eigenvalue weighted by Gasteiger charge is -2.22. The molecule has 1 unspecified atom stereocenters. The van der Waals surface area contributed by atoms with Crippen LogP contribution in [0.3, 0.4) is 0 Å². The summed E-state index contributed by atoms with van der Waals surface area (Å²) in [6.45, 7) is 7.26. The first-order valence-corrected chi connectivity index (χ1v) is 11.0. The van der Waals surface area contributed by atoms with E-state index in [0.29, 0.717) is 0 Å². The molecule has 0 radical (unpaired) electrons. The highest BCUT2D eigenvalue weighted by Crippen LogP contribution is 2.24. The first kappa shape index (κ1) is 20.3. The van der Waals surface area contributed by atoms with E-state index in [9.17, 15) is 0 Å². The third kappa shape index (κ3) is 4.96. The van der Waals surface area contributed by atoms with E-state index in [2.05, 4.69) is 93.0 Å². The van der Waals surface area contributed by atoms with Gasteiger partial charge in [0.1, 0.15) is 0 Å². The SMILES string of the molecule is CN=C(NCc1cccc(N2CC=CC2)c1)NC(C)c1cccc(N2CCCC2)c1. The van der Waals surface area contributed by atoms with Gasteiger partial charge in [0.15, 0.2) is 5.96 Å². The molecule has 5 heteroatoms. The molecule has 2 heterocycles. The van der Waals surface area contributed by atoms with E-state index in [0.717, 1.165) is 25.6 Å². The minimum Gasteiger partial charge on any atom is -0.372 e. The summed E-state index contributed by atoms with van der Waals surface area (Å²) in [4.78, 5) is 9.28. The van der Waals surface area contributed by atoms with Crippen LogP contribution in [-0.2, 0) is 6.54 Å². The van der Waals surface area contributed by atoms with E-state index in [1.54, 1.807) is 0 Å². The topological polar surface area (TPSA) is 42.9 Å². The minimum atomic E-state index is 0.181. The molecule has 0 spiro atoms. The van der Waals surface area contributed by atoms with Crippen molar-refractivity contribution in [2.24, 2.45) is 4.99 Å². The fraction of sp³-hybridized carbons (Fsp3) is 0.400. The highest BCUT2D eigenvalue weighted by molar-refractivity contribution is 5.80. The molecule has 2 aliphatic heterocycles. The van der Waals surface area contributed by atoms with Gasteiger partial charge in [0.05, 0.1) is 6.04 Å². The van der Waals surface area contributed by atoms with Gasteiger partial charge in [0.2, 0.25) is 0 Å². The second-order valence-electron chi connectivity index (χ2n) is 8.13. The molecule has 5 nitrogen and oxygen atoms in total. The zero-order chi connectivity index (χ0) is 20.8. The van der Waals surface area contributed by atoms with E-state index in [4.69, 9.17) is 0 Å². The Morgan fingerprint density at radius 2 is 1.67 bits per heavy atom. The summed E-state index contributed by atoms with van der Waals surface area (Å²) in [7, 11) is 1.83. The molecule has 158 valence electrons. The average Bonchev–Trinajstić information content (AvgIpc) is 3.51. The number of rotatable bonds is 6. The van der Waals surface area contributed by atoms with Crippen LogP contribution in [-0.4, -0.2) is 39.2 Å². The Bertz CT molecular complexity index is 890. The molecule has 1 fully saturated rings. The van der Waals surface area contributed by atoms with Gasteiger partial charge >= 0.3 is 0 Å². The van der Waals surface area contributed by atoms with Gasteiger partial charge in [-0.05, 0) is 55.2 Å². The summed E-state index contributed by atoms with van der Waals surface area (Å²) in [6, 6.07) is 17.8. The van der Waals surface area contributed by atoms with Crippen molar-refractivity contribution in [1.82, 2.24) is 10.6 Å². The van der Waals surface area contributed by atoms with E-state index >= 15 is 0 Å². The Labute approximate surface area is 180 Å². The predicted molar refractivity (Wildman–Crippen MR) is 127 cm³/mol. The maximum atomic E-state index is 4.43. The van der Waals surface area contributed by atoms with E-state index in [1.807, 2.05) is 7.05 Å². The largest absolute Gasteiger partial charge is 0.372 e. The summed E-state index contributed by atoms with van der Waals surface area (Å²) >= 11 is 0. The van der Waals surface area contributed by atoms with Crippen LogP contribution in [0.25, 0.3) is 0 Å². The molecule has 4 rings (SSSR count). The predicted octanol–water partition coefficient (Wildman–Crippen LogP) is 4.09. The maximum Gasteiger partial charge on any atom is 0.191 e. The number of guanidine groups is 1. The van der Waals surface area contributed by atoms with Gasteiger partial charge in [-0.3, -0.25) is 4.99 Å². The molecule has 1 saturated heterocycles. The average molecular weight is 404 g/mol. The Hall–Kier alpha value is -2.95. The lowest BCUT2D eigenvalue weighted by Crippen LogP contribution is -2.38. The van der Waals surface area contributed by atoms with Crippen molar-refractivity contribution < 1.29 is 0 Å². The smallest absolute Gasteiger partial charge is 0.191 e. The quantitative estimate of drug-likeness (QED) is 0.433. The van der Waals surface area contributed by atoms with Crippen LogP contribution in [0.2, 0.25) is 0 Å². The number of nitrogens with zero attached hydrogens (tertiary/aromatic N) is 3. The number of benzene rings is 2. The second kappa shape index (κ2) is 9.70. The first-order chi connectivity index (χ1) is 14.7. The molecular weight excluding hydrogens is 370 g/mol. The lowest BCUT2D eigenvalue weighted by molar-refractivity contribution is 0.685. The molecule has 2 N–H and O–H groups in total. The van der Waals surface area contributed by atoms with Crippen LogP contribution in [0.5, 0.6) is 0 Å². The normalized spacial score (nSPS) is 17.5. The van der Waals surface area contributed by atoms with Gasteiger partial charge in [0.25, 0.3) is 0 Å². The van der Waals surface area contributed by atoms with E-state index in [1.165, 1.54) is 48.4 Å². The van der Waals surface area contributed by atoms with E-state index < -0.39 is 0 Å². The molecule has 0 bridgehead atoms. The zero-order valence-electron chi connectivity index (χ0n) is 18.1. The van der Waals surface area contributed by atoms with Gasteiger partial charge < -0.3 is 20.4 Å². The fourth-order valence-electron chi connectivity index (χ4n) is 4.19. The standard InChI is InChI=1S/C25H33N5/c1-20(22-10-8-12-24(18-22)30-15-5-6-16-30)28-25(26-2)27-19-21-9-7-11-23(17-21)29-13-3-4-14-29/h3-4,7-12,17-18,20H,5-6,13-16,19H2,1-2H3,(H2,26,27,28). The summed E-state index contributed by atoms with van der Waals surface area (Å²) in [5.74, 6) is 0.822. The van der Waals surface area contributed by atoms with Crippen LogP contribution in [0, 0.1) is 0 Å². The second-order valence-corrected chi connectivity index (χ2v) is 8.13. The lowest BCUT2D eigenvalue weighted by atomic mass is 10.1. The van der Waals surface area contributed by atoms with Gasteiger partial charge in [0, 0.05) is 51.1 Å². The summed E-state index contributed by atoms with van der Waals surface area (Å²) in [5, 5.41) is 7.01. The van der Waals surface area contributed by atoms with Crippen molar-refractivity contribution in [1.29, 1.82) is 0 Å². The van der Waals surface area contributed by atoms with E-state index in [-0.39, 0.29) is 6.04 Å². The third-order valence-electron chi connectivity index (χ3n) is 5.97. The maximum absolute atomic E-state index is 4.43. The molecular formula is C25H33N5. The van der Waals surface area contributed by atoms with Crippen molar-refractivity contribution in [3.8, 4) is 0 Å². The van der Waals surface area contributed by atoms with Gasteiger partial charge in [-0.15, -0.1) is 0 Å². The summed E-state index contributed by atoms with van der Waals surface area (Å²) in [6.07, 6.45) is 7.03. The van der Waals surface area contributed by atoms with Crippen molar-refractivity contribution in [3.63, 3.8) is 0 Å². The Kier molecular flexibility index (Phi) is 6.57. The van der Waals surface area contributed by atoms with Crippen LogP contribution in [0.4, 0.5) is 11.4 Å². The first-order valence-electron chi connectivity index (χ1n) is 11.0. The third-order valence-corrected chi connectivity index (χ3v) is 5.97. The molecule has 0 aliphatic carbocycles. The number of aliphatic imine (C=N–C) groups is 1. The van der Waals surface area contributed by atoms with Crippen molar-refractivity contribution in [2.75, 3.05) is 43.0 Å². The monoisotopic (exact) mass is 403 g/mol. The molecule has 0 saturated carbocycles. The highest BCUT2D eigenvalue weighted by Gasteiger charge is 2.15. The Morgan fingerprint density at radius 3 is 2.40 bits per heavy atom. The van der Waals surface area contributed by atoms with Crippen LogP contribution in [0.15, 0.2) is 65.7 Å². The van der Waals surface area contributed by atoms with Crippen LogP contribution in [0.1, 0.15) is 36.9 Å². The van der Waals surface area contributed by atoms with Gasteiger partial charge in [-0.25, -0.2) is 0 Å². The molecule has 0 amide bonds. The summed E-state index contributed by atoms with van der Waals surface area (Å²) < 4.78 is 0. The Morgan fingerprint density at radius 1 is 0.967 bits per heavy atom. The molecule has 2 aliphatic rings. The van der Waals surface area contributed by atoms with Crippen molar-refractivity contribution >= 4 is 17.3 Å². The summed E-state index contributed by atoms with van der Waals surface area (Å²) in [5.41, 5.74) is 5.14. The molecule has 2 aromatic carbocycles. The molecule has 30 heavy (non-hydrogen) atoms. The number of hydrogen-bond donors (Lipinski definition) is 2. The molecule has 0 aromatic heterocycles. The Balaban J connectivity index is 1.34. The van der Waals surface area contributed by atoms with Gasteiger partial charge in [-0.2, -0.15) is 0 Å². The molecule has 2 aromatic rings. The van der Waals surface area contributed by atoms with Crippen molar-refractivity contribution in [3.05, 3.63) is 71.8 Å². The highest BCUT2D eigenvalue weighted by atomic mass is 15.2.